The van der Waals surface area contributed by atoms with Crippen LogP contribution in [-0.2, 0) is 29.2 Å². The zero-order valence-electron chi connectivity index (χ0n) is 21.8. The van der Waals surface area contributed by atoms with Crippen molar-refractivity contribution < 1.29 is 28.5 Å². The molecule has 35 heavy (non-hydrogen) atoms. The second-order valence-electron chi connectivity index (χ2n) is 9.97. The van der Waals surface area contributed by atoms with Crippen LogP contribution < -0.4 is 4.74 Å². The van der Waals surface area contributed by atoms with Crippen molar-refractivity contribution in [1.29, 1.82) is 0 Å². The third-order valence-corrected chi connectivity index (χ3v) is 5.96. The van der Waals surface area contributed by atoms with E-state index in [1.807, 2.05) is 36.4 Å². The Labute approximate surface area is 209 Å². The monoisotopic (exact) mass is 482 g/mol. The summed E-state index contributed by atoms with van der Waals surface area (Å²) < 4.78 is 22.1. The first-order valence-electron chi connectivity index (χ1n) is 11.8. The lowest BCUT2D eigenvalue weighted by atomic mass is 9.74. The summed E-state index contributed by atoms with van der Waals surface area (Å²) in [5.74, 6) is 0.332. The summed E-state index contributed by atoms with van der Waals surface area (Å²) in [5, 5.41) is 0. The molecule has 0 unspecified atom stereocenters. The lowest BCUT2D eigenvalue weighted by molar-refractivity contribution is -0.162. The van der Waals surface area contributed by atoms with Crippen molar-refractivity contribution >= 4 is 11.9 Å². The quantitative estimate of drug-likeness (QED) is 0.270. The molecule has 0 saturated carbocycles. The Kier molecular flexibility index (Phi) is 9.27. The average Bonchev–Trinajstić information content (AvgIpc) is 2.81. The van der Waals surface area contributed by atoms with Gasteiger partial charge in [-0.05, 0) is 57.9 Å². The normalized spacial score (nSPS) is 14.3. The minimum absolute atomic E-state index is 0.143. The van der Waals surface area contributed by atoms with E-state index in [0.29, 0.717) is 17.9 Å². The number of ether oxygens (including phenoxy) is 4. The summed E-state index contributed by atoms with van der Waals surface area (Å²) in [6, 6.07) is 7.72. The van der Waals surface area contributed by atoms with E-state index in [9.17, 15) is 9.59 Å². The molecule has 0 heterocycles. The lowest BCUT2D eigenvalue weighted by Gasteiger charge is -2.31. The average molecular weight is 483 g/mol. The van der Waals surface area contributed by atoms with Crippen LogP contribution in [0.5, 0.6) is 5.75 Å². The molecule has 190 valence electrons. The van der Waals surface area contributed by atoms with Gasteiger partial charge < -0.3 is 18.9 Å². The molecule has 0 aromatic heterocycles. The fraction of sp³-hybridized carbons (Fsp3) is 0.448. The summed E-state index contributed by atoms with van der Waals surface area (Å²) in [6.07, 6.45) is 8.39. The van der Waals surface area contributed by atoms with Gasteiger partial charge in [-0.2, -0.15) is 0 Å². The molecule has 0 fully saturated rings. The second kappa shape index (κ2) is 11.5. The molecule has 0 aliphatic heterocycles. The highest BCUT2D eigenvalue weighted by molar-refractivity contribution is 5.80. The first-order chi connectivity index (χ1) is 16.3. The van der Waals surface area contributed by atoms with Gasteiger partial charge in [-0.15, -0.1) is 6.58 Å². The third kappa shape index (κ3) is 7.43. The predicted molar refractivity (Wildman–Crippen MR) is 137 cm³/mol. The maximum absolute atomic E-state index is 12.5. The third-order valence-electron chi connectivity index (χ3n) is 5.96. The van der Waals surface area contributed by atoms with Gasteiger partial charge in [0.15, 0.2) is 11.2 Å². The van der Waals surface area contributed by atoms with Crippen molar-refractivity contribution in [3.63, 3.8) is 0 Å². The molecule has 0 saturated heterocycles. The van der Waals surface area contributed by atoms with Crippen LogP contribution in [-0.4, -0.2) is 36.4 Å². The van der Waals surface area contributed by atoms with E-state index in [1.54, 1.807) is 33.8 Å². The molecular formula is C29H38O6. The van der Waals surface area contributed by atoms with Gasteiger partial charge in [-0.1, -0.05) is 56.4 Å². The molecule has 1 aliphatic rings. The fourth-order valence-electron chi connectivity index (χ4n) is 3.56. The van der Waals surface area contributed by atoms with Gasteiger partial charge in [0, 0.05) is 11.8 Å². The van der Waals surface area contributed by atoms with E-state index in [0.717, 1.165) is 12.0 Å². The summed E-state index contributed by atoms with van der Waals surface area (Å²) in [7, 11) is 0. The number of rotatable bonds is 12. The number of benzene rings is 1. The highest BCUT2D eigenvalue weighted by Crippen LogP contribution is 2.38. The maximum atomic E-state index is 12.5. The fourth-order valence-corrected chi connectivity index (χ4v) is 3.56. The maximum Gasteiger partial charge on any atom is 0.350 e. The van der Waals surface area contributed by atoms with Crippen molar-refractivity contribution in [3.05, 3.63) is 78.6 Å². The van der Waals surface area contributed by atoms with Gasteiger partial charge in [0.25, 0.3) is 0 Å². The highest BCUT2D eigenvalue weighted by Gasteiger charge is 2.34. The largest absolute Gasteiger partial charge is 0.476 e. The van der Waals surface area contributed by atoms with Crippen LogP contribution in [0, 0.1) is 0 Å². The molecule has 6 heteroatoms. The van der Waals surface area contributed by atoms with E-state index in [2.05, 4.69) is 27.0 Å². The van der Waals surface area contributed by atoms with Crippen molar-refractivity contribution in [2.75, 3.05) is 13.2 Å². The second-order valence-corrected chi connectivity index (χ2v) is 9.97. The van der Waals surface area contributed by atoms with Gasteiger partial charge in [0.1, 0.15) is 18.1 Å². The SMILES string of the molecule is C=CCOC(=O)C(C)(C)Oc1ccc(C(C)(C)C2=CC=C(OC(=O)C(C)(C)OCC=C)CC2)cc1. The molecule has 2 rings (SSSR count). The molecule has 0 radical (unpaired) electrons. The first-order valence-corrected chi connectivity index (χ1v) is 11.8. The molecule has 1 aliphatic carbocycles. The van der Waals surface area contributed by atoms with E-state index < -0.39 is 23.1 Å². The Morgan fingerprint density at radius 1 is 0.857 bits per heavy atom. The number of allylic oxidation sites excluding steroid dienone is 4. The summed E-state index contributed by atoms with van der Waals surface area (Å²) in [6.45, 7) is 18.6. The zero-order valence-corrected chi connectivity index (χ0v) is 21.8. The van der Waals surface area contributed by atoms with Crippen LogP contribution in [0.25, 0.3) is 0 Å². The van der Waals surface area contributed by atoms with E-state index in [4.69, 9.17) is 18.9 Å². The minimum Gasteiger partial charge on any atom is -0.476 e. The zero-order chi connectivity index (χ0) is 26.3. The molecular weight excluding hydrogens is 444 g/mol. The molecule has 0 spiro atoms. The topological polar surface area (TPSA) is 71.1 Å². The number of hydrogen-bond acceptors (Lipinski definition) is 6. The van der Waals surface area contributed by atoms with E-state index in [-0.39, 0.29) is 18.6 Å². The van der Waals surface area contributed by atoms with Gasteiger partial charge in [0.2, 0.25) is 0 Å². The molecule has 0 bridgehead atoms. The number of carbonyl (C=O) groups is 2. The van der Waals surface area contributed by atoms with Crippen LogP contribution in [0.2, 0.25) is 0 Å². The summed E-state index contributed by atoms with van der Waals surface area (Å²) in [5.41, 5.74) is -0.0676. The Morgan fingerprint density at radius 3 is 2.03 bits per heavy atom. The van der Waals surface area contributed by atoms with Gasteiger partial charge >= 0.3 is 11.9 Å². The molecule has 1 aromatic carbocycles. The smallest absolute Gasteiger partial charge is 0.350 e. The van der Waals surface area contributed by atoms with Crippen molar-refractivity contribution in [1.82, 2.24) is 0 Å². The number of esters is 2. The van der Waals surface area contributed by atoms with Crippen LogP contribution >= 0.6 is 0 Å². The Bertz CT molecular complexity index is 993. The van der Waals surface area contributed by atoms with Crippen LogP contribution in [0.3, 0.4) is 0 Å². The van der Waals surface area contributed by atoms with E-state index >= 15 is 0 Å². The summed E-state index contributed by atoms with van der Waals surface area (Å²) in [4.78, 5) is 24.7. The lowest BCUT2D eigenvalue weighted by Crippen LogP contribution is -2.39. The van der Waals surface area contributed by atoms with Gasteiger partial charge in [-0.3, -0.25) is 0 Å². The number of carbonyl (C=O) groups excluding carboxylic acids is 2. The molecule has 6 nitrogen and oxygen atoms in total. The van der Waals surface area contributed by atoms with Crippen LogP contribution in [0.4, 0.5) is 0 Å². The van der Waals surface area contributed by atoms with E-state index in [1.165, 1.54) is 11.6 Å². The van der Waals surface area contributed by atoms with Gasteiger partial charge in [-0.25, -0.2) is 9.59 Å². The standard InChI is InChI=1S/C29H38O6/c1-9-19-32-25(30)29(7,8)35-24-17-13-22(14-18-24)27(3,4)21-11-15-23(16-12-21)34-26(31)28(5,6)33-20-10-2/h9-11,13-15,17-18H,1-2,12,16,19-20H2,3-8H3. The van der Waals surface area contributed by atoms with Gasteiger partial charge in [0.05, 0.1) is 6.61 Å². The molecule has 0 atom stereocenters. The first kappa shape index (κ1) is 28.1. The van der Waals surface area contributed by atoms with Crippen LogP contribution in [0.1, 0.15) is 59.9 Å². The number of hydrogen-bond donors (Lipinski definition) is 0. The molecule has 0 N–H and O–H groups in total. The molecule has 1 aromatic rings. The van der Waals surface area contributed by atoms with Crippen LogP contribution in [0.15, 0.2) is 73.1 Å². The van der Waals surface area contributed by atoms with Crippen molar-refractivity contribution in [2.24, 2.45) is 0 Å². The Morgan fingerprint density at radius 2 is 1.49 bits per heavy atom. The van der Waals surface area contributed by atoms with Crippen molar-refractivity contribution in [3.8, 4) is 5.75 Å². The summed E-state index contributed by atoms with van der Waals surface area (Å²) >= 11 is 0. The molecule has 0 amide bonds. The van der Waals surface area contributed by atoms with Crippen molar-refractivity contribution in [2.45, 2.75) is 71.0 Å². The Balaban J connectivity index is 2.08. The Hall–Kier alpha value is -3.12. The minimum atomic E-state index is -1.12. The predicted octanol–water partition coefficient (Wildman–Crippen LogP) is 5.98. The highest BCUT2D eigenvalue weighted by atomic mass is 16.6.